The van der Waals surface area contributed by atoms with Crippen molar-refractivity contribution in [2.45, 2.75) is 32.1 Å². The fourth-order valence-electron chi connectivity index (χ4n) is 4.37. The molecule has 27 heavy (non-hydrogen) atoms. The SMILES string of the molecule is Cc1nc2[nH]n(-c3ccccc3)c(=O)c2c2c1C[C@@H](c1ccccc1)CC2. The van der Waals surface area contributed by atoms with Crippen LogP contribution in [0.1, 0.15) is 34.7 Å². The molecule has 2 aromatic carbocycles. The lowest BCUT2D eigenvalue weighted by atomic mass is 9.79. The number of nitrogens with zero attached hydrogens (tertiary/aromatic N) is 2. The predicted molar refractivity (Wildman–Crippen MR) is 108 cm³/mol. The molecule has 0 saturated carbocycles. The molecule has 1 aliphatic rings. The molecule has 0 saturated heterocycles. The van der Waals surface area contributed by atoms with E-state index in [1.807, 2.05) is 30.3 Å². The van der Waals surface area contributed by atoms with Gasteiger partial charge in [0, 0.05) is 5.69 Å². The van der Waals surface area contributed by atoms with Crippen molar-refractivity contribution in [3.8, 4) is 5.69 Å². The van der Waals surface area contributed by atoms with E-state index >= 15 is 0 Å². The van der Waals surface area contributed by atoms with Gasteiger partial charge in [0.2, 0.25) is 0 Å². The number of nitrogens with one attached hydrogen (secondary N) is 1. The van der Waals surface area contributed by atoms with Crippen molar-refractivity contribution < 1.29 is 0 Å². The molecule has 134 valence electrons. The van der Waals surface area contributed by atoms with E-state index in [2.05, 4.69) is 42.4 Å². The molecule has 0 amide bonds. The lowest BCUT2D eigenvalue weighted by Crippen LogP contribution is -2.19. The van der Waals surface area contributed by atoms with Gasteiger partial charge in [-0.1, -0.05) is 48.5 Å². The highest BCUT2D eigenvalue weighted by molar-refractivity contribution is 5.81. The first kappa shape index (κ1) is 16.1. The summed E-state index contributed by atoms with van der Waals surface area (Å²) in [6, 6.07) is 20.4. The van der Waals surface area contributed by atoms with E-state index < -0.39 is 0 Å². The van der Waals surface area contributed by atoms with E-state index in [-0.39, 0.29) is 5.56 Å². The van der Waals surface area contributed by atoms with Crippen LogP contribution in [0.3, 0.4) is 0 Å². The molecule has 1 atom stereocenters. The average Bonchev–Trinajstić information content (AvgIpc) is 3.05. The number of pyridine rings is 1. The zero-order valence-electron chi connectivity index (χ0n) is 15.3. The van der Waals surface area contributed by atoms with Crippen LogP contribution < -0.4 is 5.56 Å². The number of hydrogen-bond donors (Lipinski definition) is 1. The Balaban J connectivity index is 1.65. The minimum Gasteiger partial charge on any atom is -0.274 e. The smallest absolute Gasteiger partial charge is 0.274 e. The second kappa shape index (κ2) is 6.23. The summed E-state index contributed by atoms with van der Waals surface area (Å²) >= 11 is 0. The zero-order valence-corrected chi connectivity index (χ0v) is 15.3. The average molecular weight is 355 g/mol. The Morgan fingerprint density at radius 1 is 1.00 bits per heavy atom. The maximum atomic E-state index is 13.2. The van der Waals surface area contributed by atoms with Gasteiger partial charge in [-0.2, -0.15) is 0 Å². The molecule has 5 rings (SSSR count). The lowest BCUT2D eigenvalue weighted by molar-refractivity contribution is 0.583. The molecule has 0 radical (unpaired) electrons. The molecule has 0 aliphatic heterocycles. The molecule has 1 N–H and O–H groups in total. The third-order valence-corrected chi connectivity index (χ3v) is 5.73. The zero-order chi connectivity index (χ0) is 18.4. The first-order chi connectivity index (χ1) is 13.2. The number of fused-ring (bicyclic) bond motifs is 3. The van der Waals surface area contributed by atoms with Crippen molar-refractivity contribution in [1.82, 2.24) is 14.8 Å². The molecule has 0 bridgehead atoms. The van der Waals surface area contributed by atoms with E-state index in [0.717, 1.165) is 36.0 Å². The Bertz CT molecular complexity index is 1170. The summed E-state index contributed by atoms with van der Waals surface area (Å²) in [4.78, 5) is 17.9. The van der Waals surface area contributed by atoms with Crippen LogP contribution in [-0.2, 0) is 12.8 Å². The van der Waals surface area contributed by atoms with Crippen LogP contribution in [0.4, 0.5) is 0 Å². The van der Waals surface area contributed by atoms with Crippen LogP contribution in [0.15, 0.2) is 65.5 Å². The van der Waals surface area contributed by atoms with Gasteiger partial charge in [-0.25, -0.2) is 9.67 Å². The van der Waals surface area contributed by atoms with Crippen LogP contribution in [0.5, 0.6) is 0 Å². The summed E-state index contributed by atoms with van der Waals surface area (Å²) < 4.78 is 1.61. The number of aryl methyl sites for hydroxylation is 2. The predicted octanol–water partition coefficient (Wildman–Crippen LogP) is 4.29. The van der Waals surface area contributed by atoms with E-state index in [0.29, 0.717) is 11.6 Å². The lowest BCUT2D eigenvalue weighted by Gasteiger charge is -2.26. The number of benzene rings is 2. The third kappa shape index (κ3) is 2.60. The van der Waals surface area contributed by atoms with Gasteiger partial charge in [-0.05, 0) is 60.9 Å². The second-order valence-corrected chi connectivity index (χ2v) is 7.32. The number of H-pyrrole nitrogens is 1. The van der Waals surface area contributed by atoms with Crippen LogP contribution in [-0.4, -0.2) is 14.8 Å². The molecule has 0 spiro atoms. The van der Waals surface area contributed by atoms with Gasteiger partial charge in [0.05, 0.1) is 11.1 Å². The van der Waals surface area contributed by atoms with Gasteiger partial charge >= 0.3 is 0 Å². The van der Waals surface area contributed by atoms with E-state index in [4.69, 9.17) is 4.98 Å². The van der Waals surface area contributed by atoms with Crippen LogP contribution in [0.25, 0.3) is 16.7 Å². The fraction of sp³-hybridized carbons (Fsp3) is 0.217. The van der Waals surface area contributed by atoms with E-state index in [1.165, 1.54) is 16.7 Å². The Morgan fingerprint density at radius 3 is 2.44 bits per heavy atom. The van der Waals surface area contributed by atoms with Crippen LogP contribution >= 0.6 is 0 Å². The number of aromatic amines is 1. The standard InChI is InChI=1S/C23H21N3O/c1-15-20-14-17(16-8-4-2-5-9-16)12-13-19(20)21-22(24-15)25-26(23(21)27)18-10-6-3-7-11-18/h2-11,17H,12-14H2,1H3,(H,24,25)/t17-/m0/s1. The maximum absolute atomic E-state index is 13.2. The molecule has 2 heterocycles. The van der Waals surface area contributed by atoms with Crippen molar-refractivity contribution in [3.63, 3.8) is 0 Å². The van der Waals surface area contributed by atoms with Crippen molar-refractivity contribution in [2.24, 2.45) is 0 Å². The maximum Gasteiger partial charge on any atom is 0.281 e. The number of rotatable bonds is 2. The molecule has 4 aromatic rings. The topological polar surface area (TPSA) is 50.7 Å². The molecular formula is C23H21N3O. The number of aromatic nitrogens is 3. The van der Waals surface area contributed by atoms with E-state index in [9.17, 15) is 4.79 Å². The highest BCUT2D eigenvalue weighted by atomic mass is 16.1. The fourth-order valence-corrected chi connectivity index (χ4v) is 4.37. The second-order valence-electron chi connectivity index (χ2n) is 7.32. The monoisotopic (exact) mass is 355 g/mol. The minimum absolute atomic E-state index is 0.00175. The largest absolute Gasteiger partial charge is 0.281 e. The van der Waals surface area contributed by atoms with Gasteiger partial charge in [0.15, 0.2) is 5.65 Å². The summed E-state index contributed by atoms with van der Waals surface area (Å²) in [5.41, 5.74) is 6.36. The quantitative estimate of drug-likeness (QED) is 0.583. The summed E-state index contributed by atoms with van der Waals surface area (Å²) in [7, 11) is 0. The van der Waals surface area contributed by atoms with Gasteiger partial charge in [0.1, 0.15) is 0 Å². The molecule has 0 unspecified atom stereocenters. The minimum atomic E-state index is -0.00175. The molecule has 2 aromatic heterocycles. The Labute approximate surface area is 157 Å². The molecule has 4 nitrogen and oxygen atoms in total. The first-order valence-corrected chi connectivity index (χ1v) is 9.46. The van der Waals surface area contributed by atoms with Gasteiger partial charge in [-0.3, -0.25) is 9.89 Å². The van der Waals surface area contributed by atoms with Crippen LogP contribution in [0.2, 0.25) is 0 Å². The summed E-state index contributed by atoms with van der Waals surface area (Å²) in [5.74, 6) is 0.493. The molecule has 4 heteroatoms. The Kier molecular flexibility index (Phi) is 3.71. The Morgan fingerprint density at radius 2 is 1.70 bits per heavy atom. The normalized spacial score (nSPS) is 16.4. The third-order valence-electron chi connectivity index (χ3n) is 5.73. The van der Waals surface area contributed by atoms with Gasteiger partial charge < -0.3 is 0 Å². The highest BCUT2D eigenvalue weighted by Gasteiger charge is 2.26. The van der Waals surface area contributed by atoms with E-state index in [1.54, 1.807) is 4.68 Å². The molecule has 0 fully saturated rings. The highest BCUT2D eigenvalue weighted by Crippen LogP contribution is 2.36. The summed E-state index contributed by atoms with van der Waals surface area (Å²) in [6.45, 7) is 2.06. The number of para-hydroxylation sites is 1. The summed E-state index contributed by atoms with van der Waals surface area (Å²) in [6.07, 6.45) is 2.92. The van der Waals surface area contributed by atoms with Crippen molar-refractivity contribution in [3.05, 3.63) is 93.4 Å². The van der Waals surface area contributed by atoms with Crippen molar-refractivity contribution in [2.75, 3.05) is 0 Å². The van der Waals surface area contributed by atoms with Gasteiger partial charge in [-0.15, -0.1) is 0 Å². The van der Waals surface area contributed by atoms with Crippen LogP contribution in [0, 0.1) is 6.92 Å². The first-order valence-electron chi connectivity index (χ1n) is 9.46. The summed E-state index contributed by atoms with van der Waals surface area (Å²) in [5, 5.41) is 3.96. The van der Waals surface area contributed by atoms with Crippen molar-refractivity contribution >= 4 is 11.0 Å². The Hall–Kier alpha value is -3.14. The van der Waals surface area contributed by atoms with Gasteiger partial charge in [0.25, 0.3) is 5.56 Å². The number of hydrogen-bond acceptors (Lipinski definition) is 2. The molecular weight excluding hydrogens is 334 g/mol. The van der Waals surface area contributed by atoms with Crippen molar-refractivity contribution in [1.29, 1.82) is 0 Å². The molecule has 1 aliphatic carbocycles.